The lowest BCUT2D eigenvalue weighted by atomic mass is 9.94. The van der Waals surface area contributed by atoms with Crippen molar-refractivity contribution in [2.24, 2.45) is 5.41 Å². The molecule has 0 radical (unpaired) electrons. The molecular formula is C14H21F2NO. The summed E-state index contributed by atoms with van der Waals surface area (Å²) in [6.07, 6.45) is 0.532. The molecule has 0 aliphatic heterocycles. The highest BCUT2D eigenvalue weighted by Gasteiger charge is 2.18. The number of halogens is 2. The lowest BCUT2D eigenvalue weighted by Crippen LogP contribution is -2.35. The van der Waals surface area contributed by atoms with Gasteiger partial charge in [0.25, 0.3) is 0 Å². The number of likely N-dealkylation sites (N-methyl/N-ethyl adjacent to an activating group) is 1. The molecule has 0 bridgehead atoms. The lowest BCUT2D eigenvalue weighted by molar-refractivity contribution is 0.116. The first-order chi connectivity index (χ1) is 8.34. The molecule has 0 saturated heterocycles. The van der Waals surface area contributed by atoms with Crippen molar-refractivity contribution in [2.75, 3.05) is 26.7 Å². The molecule has 0 fully saturated rings. The molecule has 1 aromatic rings. The summed E-state index contributed by atoms with van der Waals surface area (Å²) in [7, 11) is 1.93. The monoisotopic (exact) mass is 257 g/mol. The average Bonchev–Trinajstić information content (AvgIpc) is 2.27. The van der Waals surface area contributed by atoms with E-state index in [1.807, 2.05) is 25.8 Å². The van der Waals surface area contributed by atoms with Crippen LogP contribution in [0.15, 0.2) is 18.2 Å². The molecular weight excluding hydrogens is 236 g/mol. The maximum Gasteiger partial charge on any atom is 0.129 e. The lowest BCUT2D eigenvalue weighted by Gasteiger charge is -2.28. The Morgan fingerprint density at radius 3 is 2.50 bits per heavy atom. The van der Waals surface area contributed by atoms with Crippen molar-refractivity contribution in [3.8, 4) is 0 Å². The van der Waals surface area contributed by atoms with Crippen molar-refractivity contribution >= 4 is 0 Å². The Bertz CT molecular complexity index is 393. The minimum absolute atomic E-state index is 0.113. The Hall–Kier alpha value is -1.00. The van der Waals surface area contributed by atoms with Crippen LogP contribution < -0.4 is 0 Å². The van der Waals surface area contributed by atoms with Crippen LogP contribution in [0.2, 0.25) is 0 Å². The van der Waals surface area contributed by atoms with Gasteiger partial charge in [0, 0.05) is 31.2 Å². The Morgan fingerprint density at radius 2 is 1.94 bits per heavy atom. The summed E-state index contributed by atoms with van der Waals surface area (Å²) in [5.41, 5.74) is 0.348. The minimum Gasteiger partial charge on any atom is -0.396 e. The van der Waals surface area contributed by atoms with Gasteiger partial charge in [-0.15, -0.1) is 0 Å². The van der Waals surface area contributed by atoms with Crippen molar-refractivity contribution in [1.29, 1.82) is 0 Å². The van der Waals surface area contributed by atoms with Gasteiger partial charge in [0.05, 0.1) is 0 Å². The first-order valence-corrected chi connectivity index (χ1v) is 6.07. The van der Waals surface area contributed by atoms with Gasteiger partial charge in [-0.05, 0) is 25.1 Å². The summed E-state index contributed by atoms with van der Waals surface area (Å²) in [5.74, 6) is -1.05. The topological polar surface area (TPSA) is 23.5 Å². The van der Waals surface area contributed by atoms with Gasteiger partial charge in [0.15, 0.2) is 0 Å². The van der Waals surface area contributed by atoms with Crippen LogP contribution >= 0.6 is 0 Å². The molecule has 0 amide bonds. The van der Waals surface area contributed by atoms with Crippen LogP contribution in [0.4, 0.5) is 8.78 Å². The van der Waals surface area contributed by atoms with Gasteiger partial charge in [0.2, 0.25) is 0 Å². The van der Waals surface area contributed by atoms with Crippen LogP contribution in [0.5, 0.6) is 0 Å². The second-order valence-corrected chi connectivity index (χ2v) is 5.55. The molecule has 102 valence electrons. The van der Waals surface area contributed by atoms with Crippen LogP contribution in [0, 0.1) is 17.0 Å². The Balaban J connectivity index is 2.50. The highest BCUT2D eigenvalue weighted by molar-refractivity contribution is 5.18. The SMILES string of the molecule is CN(CCc1ccc(F)cc1F)CC(C)(C)CO. The maximum atomic E-state index is 13.4. The van der Waals surface area contributed by atoms with E-state index in [1.165, 1.54) is 12.1 Å². The van der Waals surface area contributed by atoms with Crippen LogP contribution in [-0.4, -0.2) is 36.8 Å². The minimum atomic E-state index is -0.550. The van der Waals surface area contributed by atoms with Crippen LogP contribution in [0.3, 0.4) is 0 Å². The number of rotatable bonds is 6. The number of hydrogen-bond donors (Lipinski definition) is 1. The van der Waals surface area contributed by atoms with E-state index in [0.29, 0.717) is 18.5 Å². The van der Waals surface area contributed by atoms with Gasteiger partial charge < -0.3 is 10.0 Å². The summed E-state index contributed by atoms with van der Waals surface area (Å²) >= 11 is 0. The Morgan fingerprint density at radius 1 is 1.28 bits per heavy atom. The summed E-state index contributed by atoms with van der Waals surface area (Å²) in [6, 6.07) is 3.67. The molecule has 0 aliphatic carbocycles. The molecule has 0 atom stereocenters. The zero-order chi connectivity index (χ0) is 13.8. The van der Waals surface area contributed by atoms with Crippen LogP contribution in [0.25, 0.3) is 0 Å². The molecule has 1 N–H and O–H groups in total. The number of aliphatic hydroxyl groups excluding tert-OH is 1. The predicted octanol–water partition coefficient (Wildman–Crippen LogP) is 2.46. The Kier molecular flexibility index (Phi) is 5.23. The zero-order valence-electron chi connectivity index (χ0n) is 11.2. The molecule has 0 saturated carbocycles. The Labute approximate surface area is 107 Å². The third kappa shape index (κ3) is 4.70. The maximum absolute atomic E-state index is 13.4. The van der Waals surface area contributed by atoms with Gasteiger partial charge >= 0.3 is 0 Å². The molecule has 18 heavy (non-hydrogen) atoms. The van der Waals surface area contributed by atoms with Crippen molar-refractivity contribution in [1.82, 2.24) is 4.90 Å². The van der Waals surface area contributed by atoms with Gasteiger partial charge in [0.1, 0.15) is 11.6 Å². The number of hydrogen-bond acceptors (Lipinski definition) is 2. The van der Waals surface area contributed by atoms with E-state index >= 15 is 0 Å². The largest absolute Gasteiger partial charge is 0.396 e. The first kappa shape index (κ1) is 15.1. The van der Waals surface area contributed by atoms with E-state index in [4.69, 9.17) is 0 Å². The first-order valence-electron chi connectivity index (χ1n) is 6.07. The second-order valence-electron chi connectivity index (χ2n) is 5.55. The third-order valence-corrected chi connectivity index (χ3v) is 2.90. The third-order valence-electron chi connectivity index (χ3n) is 2.90. The fourth-order valence-electron chi connectivity index (χ4n) is 1.90. The molecule has 0 heterocycles. The second kappa shape index (κ2) is 6.25. The molecule has 0 aliphatic rings. The summed E-state index contributed by atoms with van der Waals surface area (Å²) in [4.78, 5) is 2.04. The van der Waals surface area contributed by atoms with Crippen molar-refractivity contribution in [3.63, 3.8) is 0 Å². The fourth-order valence-corrected chi connectivity index (χ4v) is 1.90. The smallest absolute Gasteiger partial charge is 0.129 e. The van der Waals surface area contributed by atoms with E-state index in [2.05, 4.69) is 0 Å². The van der Waals surface area contributed by atoms with E-state index in [-0.39, 0.29) is 12.0 Å². The summed E-state index contributed by atoms with van der Waals surface area (Å²) in [5, 5.41) is 9.17. The molecule has 1 rings (SSSR count). The van der Waals surface area contributed by atoms with Crippen LogP contribution in [0.1, 0.15) is 19.4 Å². The van der Waals surface area contributed by atoms with Crippen LogP contribution in [-0.2, 0) is 6.42 Å². The molecule has 0 spiro atoms. The van der Waals surface area contributed by atoms with Crippen molar-refractivity contribution in [3.05, 3.63) is 35.4 Å². The standard InChI is InChI=1S/C14H21F2NO/c1-14(2,10-18)9-17(3)7-6-11-4-5-12(15)8-13(11)16/h4-5,8,18H,6-7,9-10H2,1-3H3. The van der Waals surface area contributed by atoms with E-state index < -0.39 is 11.6 Å². The van der Waals surface area contributed by atoms with Gasteiger partial charge in [-0.3, -0.25) is 0 Å². The molecule has 1 aromatic carbocycles. The van der Waals surface area contributed by atoms with Crippen molar-refractivity contribution in [2.45, 2.75) is 20.3 Å². The van der Waals surface area contributed by atoms with E-state index in [0.717, 1.165) is 12.6 Å². The highest BCUT2D eigenvalue weighted by Crippen LogP contribution is 2.16. The highest BCUT2D eigenvalue weighted by atomic mass is 19.1. The van der Waals surface area contributed by atoms with Crippen molar-refractivity contribution < 1.29 is 13.9 Å². The zero-order valence-corrected chi connectivity index (χ0v) is 11.2. The number of aliphatic hydroxyl groups is 1. The molecule has 0 unspecified atom stereocenters. The average molecular weight is 257 g/mol. The van der Waals surface area contributed by atoms with E-state index in [1.54, 1.807) is 0 Å². The summed E-state index contributed by atoms with van der Waals surface area (Å²) < 4.78 is 26.1. The molecule has 0 aromatic heterocycles. The quantitative estimate of drug-likeness (QED) is 0.846. The number of benzene rings is 1. The van der Waals surface area contributed by atoms with Gasteiger partial charge in [-0.1, -0.05) is 19.9 Å². The summed E-state index contributed by atoms with van der Waals surface area (Å²) in [6.45, 7) is 5.46. The fraction of sp³-hybridized carbons (Fsp3) is 0.571. The van der Waals surface area contributed by atoms with E-state index in [9.17, 15) is 13.9 Å². The molecule has 4 heteroatoms. The normalized spacial score (nSPS) is 12.2. The molecule has 2 nitrogen and oxygen atoms in total. The predicted molar refractivity (Wildman–Crippen MR) is 68.4 cm³/mol. The van der Waals surface area contributed by atoms with Gasteiger partial charge in [-0.2, -0.15) is 0 Å². The van der Waals surface area contributed by atoms with Gasteiger partial charge in [-0.25, -0.2) is 8.78 Å². The number of nitrogens with zero attached hydrogens (tertiary/aromatic N) is 1.